The summed E-state index contributed by atoms with van der Waals surface area (Å²) in [5.74, 6) is 0. The molecule has 0 aliphatic heterocycles. The zero-order chi connectivity index (χ0) is 13.1. The maximum Gasteiger partial charge on any atom is 0.407 e. The fraction of sp³-hybridized carbons (Fsp3) is 0.462. The van der Waals surface area contributed by atoms with Gasteiger partial charge in [0, 0.05) is 18.5 Å². The maximum atomic E-state index is 11.3. The van der Waals surface area contributed by atoms with Crippen molar-refractivity contribution in [2.24, 2.45) is 0 Å². The molecule has 1 aromatic rings. The van der Waals surface area contributed by atoms with Gasteiger partial charge in [-0.3, -0.25) is 0 Å². The van der Waals surface area contributed by atoms with Crippen LogP contribution in [0.5, 0.6) is 0 Å². The zero-order valence-electron chi connectivity index (χ0n) is 10.2. The number of carbonyl (C=O) groups is 1. The van der Waals surface area contributed by atoms with Crippen molar-refractivity contribution in [3.05, 3.63) is 35.9 Å². The summed E-state index contributed by atoms with van der Waals surface area (Å²) in [6, 6.07) is 9.57. The first-order valence-corrected chi connectivity index (χ1v) is 7.03. The Balaban J connectivity index is 2.01. The number of benzene rings is 1. The highest BCUT2D eigenvalue weighted by Crippen LogP contribution is 2.00. The Bertz CT molecular complexity index is 332. The van der Waals surface area contributed by atoms with Crippen molar-refractivity contribution in [3.8, 4) is 0 Å². The summed E-state index contributed by atoms with van der Waals surface area (Å²) in [7, 11) is 0. The number of ether oxygens (including phenoxy) is 2. The van der Waals surface area contributed by atoms with E-state index in [2.05, 4.69) is 21.2 Å². The van der Waals surface area contributed by atoms with Crippen LogP contribution in [0.15, 0.2) is 30.3 Å². The second kappa shape index (κ2) is 9.91. The summed E-state index contributed by atoms with van der Waals surface area (Å²) in [4.78, 5) is 11.3. The van der Waals surface area contributed by atoms with Gasteiger partial charge in [-0.2, -0.15) is 0 Å². The highest BCUT2D eigenvalue weighted by Gasteiger charge is 2.01. The summed E-state index contributed by atoms with van der Waals surface area (Å²) in [6.45, 7) is 1.96. The summed E-state index contributed by atoms with van der Waals surface area (Å²) >= 11 is 3.31. The monoisotopic (exact) mass is 315 g/mol. The molecule has 0 spiro atoms. The molecule has 4 nitrogen and oxygen atoms in total. The Hall–Kier alpha value is -1.07. The molecule has 0 saturated heterocycles. The highest BCUT2D eigenvalue weighted by molar-refractivity contribution is 9.09. The largest absolute Gasteiger partial charge is 0.445 e. The second-order valence-electron chi connectivity index (χ2n) is 3.64. The summed E-state index contributed by atoms with van der Waals surface area (Å²) < 4.78 is 10.3. The number of alkyl carbamates (subject to hydrolysis) is 1. The summed E-state index contributed by atoms with van der Waals surface area (Å²) in [6.07, 6.45) is 0.557. The minimum atomic E-state index is -0.414. The van der Waals surface area contributed by atoms with E-state index in [0.717, 1.165) is 17.3 Å². The Morgan fingerprint density at radius 2 is 2.00 bits per heavy atom. The van der Waals surface area contributed by atoms with E-state index in [0.29, 0.717) is 19.8 Å². The first-order valence-electron chi connectivity index (χ1n) is 5.91. The number of hydrogen-bond donors (Lipinski definition) is 1. The molecule has 0 atom stereocenters. The van der Waals surface area contributed by atoms with Crippen molar-refractivity contribution in [3.63, 3.8) is 0 Å². The van der Waals surface area contributed by atoms with E-state index < -0.39 is 6.09 Å². The minimum Gasteiger partial charge on any atom is -0.445 e. The highest BCUT2D eigenvalue weighted by atomic mass is 79.9. The maximum absolute atomic E-state index is 11.3. The van der Waals surface area contributed by atoms with Gasteiger partial charge in [-0.15, -0.1) is 0 Å². The van der Waals surface area contributed by atoms with E-state index in [4.69, 9.17) is 9.47 Å². The van der Waals surface area contributed by atoms with Gasteiger partial charge in [0.2, 0.25) is 0 Å². The molecular formula is C13H18BrNO3. The fourth-order valence-electron chi connectivity index (χ4n) is 1.26. The van der Waals surface area contributed by atoms with Gasteiger partial charge in [0.1, 0.15) is 6.61 Å². The van der Waals surface area contributed by atoms with Crippen LogP contribution in [-0.4, -0.2) is 31.2 Å². The van der Waals surface area contributed by atoms with E-state index >= 15 is 0 Å². The van der Waals surface area contributed by atoms with Gasteiger partial charge < -0.3 is 14.8 Å². The molecule has 0 unspecified atom stereocenters. The van der Waals surface area contributed by atoms with Crippen LogP contribution in [0.25, 0.3) is 0 Å². The lowest BCUT2D eigenvalue weighted by Gasteiger charge is -2.07. The number of amides is 1. The molecule has 1 rings (SSSR count). The molecule has 0 aromatic heterocycles. The molecule has 5 heteroatoms. The minimum absolute atomic E-state index is 0.289. The lowest BCUT2D eigenvalue weighted by atomic mass is 10.2. The lowest BCUT2D eigenvalue weighted by molar-refractivity contribution is 0.119. The molecule has 100 valence electrons. The lowest BCUT2D eigenvalue weighted by Crippen LogP contribution is -2.27. The molecule has 0 radical (unpaired) electrons. The topological polar surface area (TPSA) is 47.6 Å². The van der Waals surface area contributed by atoms with Gasteiger partial charge in [0.25, 0.3) is 0 Å². The smallest absolute Gasteiger partial charge is 0.407 e. The second-order valence-corrected chi connectivity index (χ2v) is 4.44. The Kier molecular flexibility index (Phi) is 8.25. The van der Waals surface area contributed by atoms with Crippen molar-refractivity contribution in [1.82, 2.24) is 5.32 Å². The van der Waals surface area contributed by atoms with Crippen LogP contribution in [0, 0.1) is 0 Å². The SMILES string of the molecule is O=C(NCCOCCCBr)OCc1ccccc1. The van der Waals surface area contributed by atoms with E-state index in [9.17, 15) is 4.79 Å². The van der Waals surface area contributed by atoms with Gasteiger partial charge >= 0.3 is 6.09 Å². The van der Waals surface area contributed by atoms with E-state index in [1.807, 2.05) is 30.3 Å². The van der Waals surface area contributed by atoms with Crippen molar-refractivity contribution < 1.29 is 14.3 Å². The van der Waals surface area contributed by atoms with Crippen molar-refractivity contribution in [2.45, 2.75) is 13.0 Å². The number of carbonyl (C=O) groups excluding carboxylic acids is 1. The van der Waals surface area contributed by atoms with Crippen LogP contribution in [0.1, 0.15) is 12.0 Å². The number of nitrogens with one attached hydrogen (secondary N) is 1. The fourth-order valence-corrected chi connectivity index (χ4v) is 1.49. The molecule has 18 heavy (non-hydrogen) atoms. The van der Waals surface area contributed by atoms with Crippen LogP contribution in [0.2, 0.25) is 0 Å². The predicted molar refractivity (Wildman–Crippen MR) is 73.9 cm³/mol. The third kappa shape index (κ3) is 7.29. The van der Waals surface area contributed by atoms with Crippen LogP contribution in [-0.2, 0) is 16.1 Å². The van der Waals surface area contributed by atoms with Gasteiger partial charge in [-0.1, -0.05) is 46.3 Å². The number of alkyl halides is 1. The average molecular weight is 316 g/mol. The van der Waals surface area contributed by atoms with Crippen LogP contribution >= 0.6 is 15.9 Å². The molecule has 0 heterocycles. The molecule has 1 N–H and O–H groups in total. The third-order valence-electron chi connectivity index (χ3n) is 2.15. The Morgan fingerprint density at radius 1 is 1.22 bits per heavy atom. The van der Waals surface area contributed by atoms with Crippen molar-refractivity contribution >= 4 is 22.0 Å². The molecular weight excluding hydrogens is 298 g/mol. The molecule has 0 saturated carbocycles. The zero-order valence-corrected chi connectivity index (χ0v) is 11.8. The Morgan fingerprint density at radius 3 is 2.72 bits per heavy atom. The number of rotatable bonds is 8. The summed E-state index contributed by atoms with van der Waals surface area (Å²) in [5, 5.41) is 3.56. The third-order valence-corrected chi connectivity index (χ3v) is 2.71. The van der Waals surface area contributed by atoms with Gasteiger partial charge in [-0.05, 0) is 12.0 Å². The molecule has 0 bridgehead atoms. The predicted octanol–water partition coefficient (Wildman–Crippen LogP) is 2.71. The number of hydrogen-bond acceptors (Lipinski definition) is 3. The molecule has 1 amide bonds. The van der Waals surface area contributed by atoms with Crippen molar-refractivity contribution in [2.75, 3.05) is 25.1 Å². The van der Waals surface area contributed by atoms with Gasteiger partial charge in [0.05, 0.1) is 6.61 Å². The van der Waals surface area contributed by atoms with Crippen LogP contribution in [0.3, 0.4) is 0 Å². The average Bonchev–Trinajstić information content (AvgIpc) is 2.41. The first kappa shape index (κ1) is 15.0. The number of halogens is 1. The molecule has 0 fully saturated rings. The van der Waals surface area contributed by atoms with E-state index in [-0.39, 0.29) is 6.61 Å². The van der Waals surface area contributed by atoms with Crippen LogP contribution < -0.4 is 5.32 Å². The standard InChI is InChI=1S/C13H18BrNO3/c14-7-4-9-17-10-8-15-13(16)18-11-12-5-2-1-3-6-12/h1-3,5-6H,4,7-11H2,(H,15,16). The molecule has 0 aliphatic rings. The molecule has 0 aliphatic carbocycles. The summed E-state index contributed by atoms with van der Waals surface area (Å²) in [5.41, 5.74) is 0.973. The van der Waals surface area contributed by atoms with Gasteiger partial charge in [0.15, 0.2) is 0 Å². The Labute approximate surface area is 116 Å². The first-order chi connectivity index (χ1) is 8.83. The van der Waals surface area contributed by atoms with Crippen molar-refractivity contribution in [1.29, 1.82) is 0 Å². The quantitative estimate of drug-likeness (QED) is 0.592. The van der Waals surface area contributed by atoms with Gasteiger partial charge in [-0.25, -0.2) is 4.79 Å². The van der Waals surface area contributed by atoms with Crippen LogP contribution in [0.4, 0.5) is 4.79 Å². The normalized spacial score (nSPS) is 10.1. The molecule has 1 aromatic carbocycles. The van der Waals surface area contributed by atoms with E-state index in [1.165, 1.54) is 0 Å². The van der Waals surface area contributed by atoms with E-state index in [1.54, 1.807) is 0 Å².